The maximum Gasteiger partial charge on any atom is 0.338 e. The van der Waals surface area contributed by atoms with E-state index in [9.17, 15) is 4.79 Å². The van der Waals surface area contributed by atoms with Gasteiger partial charge in [0.25, 0.3) is 0 Å². The van der Waals surface area contributed by atoms with Crippen LogP contribution in [0.4, 0.5) is 0 Å². The fraction of sp³-hybridized carbons (Fsp3) is 0.0714. The first kappa shape index (κ1) is 20.9. The molecule has 4 aromatic rings. The SMILES string of the molecule is CCOC(=O)c1ccc(C=P(c2ccccc2)(c2ccccc2)c2ccccc2)cc1. The molecular formula is C28H25O2P. The normalized spacial score (nSPS) is 11.0. The van der Waals surface area contributed by atoms with Crippen LogP contribution < -0.4 is 15.9 Å². The third-order valence-electron chi connectivity index (χ3n) is 5.25. The van der Waals surface area contributed by atoms with E-state index in [-0.39, 0.29) is 5.97 Å². The summed E-state index contributed by atoms with van der Waals surface area (Å²) < 4.78 is 5.13. The van der Waals surface area contributed by atoms with Crippen molar-refractivity contribution in [1.82, 2.24) is 0 Å². The largest absolute Gasteiger partial charge is 0.462 e. The highest BCUT2D eigenvalue weighted by molar-refractivity contribution is 7.94. The van der Waals surface area contributed by atoms with Crippen LogP contribution in [0.2, 0.25) is 0 Å². The Kier molecular flexibility index (Phi) is 6.50. The summed E-state index contributed by atoms with van der Waals surface area (Å²) in [5, 5.41) is 3.88. The number of ether oxygens (including phenoxy) is 1. The monoisotopic (exact) mass is 424 g/mol. The summed E-state index contributed by atoms with van der Waals surface area (Å²) >= 11 is 0. The Morgan fingerprint density at radius 3 is 1.48 bits per heavy atom. The minimum Gasteiger partial charge on any atom is -0.462 e. The molecule has 0 radical (unpaired) electrons. The van der Waals surface area contributed by atoms with E-state index >= 15 is 0 Å². The number of benzene rings is 4. The summed E-state index contributed by atoms with van der Waals surface area (Å²) in [4.78, 5) is 12.1. The Morgan fingerprint density at radius 2 is 1.10 bits per heavy atom. The third-order valence-corrected chi connectivity index (χ3v) is 9.28. The van der Waals surface area contributed by atoms with Gasteiger partial charge in [0.1, 0.15) is 0 Å². The molecule has 0 aliphatic heterocycles. The minimum absolute atomic E-state index is 0.288. The molecule has 154 valence electrons. The molecule has 4 rings (SSSR count). The Balaban J connectivity index is 1.97. The number of hydrogen-bond donors (Lipinski definition) is 0. The van der Waals surface area contributed by atoms with Gasteiger partial charge in [0.05, 0.1) is 12.2 Å². The van der Waals surface area contributed by atoms with E-state index in [0.717, 1.165) is 5.56 Å². The standard InChI is InChI=1S/C28H25O2P/c1-2-30-28(29)24-20-18-23(19-21-24)22-31(25-12-6-3-7-13-25,26-14-8-4-9-15-26)27-16-10-5-11-17-27/h3-22H,2H2,1H3. The molecule has 0 saturated carbocycles. The van der Waals surface area contributed by atoms with Gasteiger partial charge in [-0.15, -0.1) is 0 Å². The maximum absolute atomic E-state index is 12.1. The second-order valence-corrected chi connectivity index (χ2v) is 10.5. The molecule has 0 amide bonds. The van der Waals surface area contributed by atoms with Crippen molar-refractivity contribution in [2.75, 3.05) is 6.61 Å². The van der Waals surface area contributed by atoms with Gasteiger partial charge in [0.2, 0.25) is 0 Å². The highest BCUT2D eigenvalue weighted by Crippen LogP contribution is 2.44. The average Bonchev–Trinajstić information content (AvgIpc) is 2.85. The first-order chi connectivity index (χ1) is 15.2. The van der Waals surface area contributed by atoms with Crippen molar-refractivity contribution in [3.8, 4) is 0 Å². The molecule has 3 heteroatoms. The van der Waals surface area contributed by atoms with Gasteiger partial charge < -0.3 is 4.74 Å². The zero-order valence-corrected chi connectivity index (χ0v) is 18.4. The quantitative estimate of drug-likeness (QED) is 0.321. The van der Waals surface area contributed by atoms with Crippen LogP contribution in [0.1, 0.15) is 22.8 Å². The minimum atomic E-state index is -2.07. The van der Waals surface area contributed by atoms with Crippen molar-refractivity contribution in [3.63, 3.8) is 0 Å². The van der Waals surface area contributed by atoms with Gasteiger partial charge in [-0.05, 0) is 53.2 Å². The molecule has 0 N–H and O–H groups in total. The molecule has 0 unspecified atom stereocenters. The van der Waals surface area contributed by atoms with Gasteiger partial charge in [-0.3, -0.25) is 0 Å². The van der Waals surface area contributed by atoms with E-state index in [1.807, 2.05) is 31.2 Å². The summed E-state index contributed by atoms with van der Waals surface area (Å²) in [6, 6.07) is 39.8. The lowest BCUT2D eigenvalue weighted by atomic mass is 10.1. The molecule has 0 atom stereocenters. The number of carbonyl (C=O) groups is 1. The van der Waals surface area contributed by atoms with E-state index in [2.05, 4.69) is 96.8 Å². The lowest BCUT2D eigenvalue weighted by molar-refractivity contribution is 0.0526. The van der Waals surface area contributed by atoms with Crippen molar-refractivity contribution < 1.29 is 9.53 Å². The van der Waals surface area contributed by atoms with Crippen molar-refractivity contribution >= 4 is 34.6 Å². The van der Waals surface area contributed by atoms with Gasteiger partial charge in [0, 0.05) is 0 Å². The van der Waals surface area contributed by atoms with Gasteiger partial charge in [-0.2, -0.15) is 0 Å². The van der Waals surface area contributed by atoms with Crippen LogP contribution in [-0.2, 0) is 4.74 Å². The lowest BCUT2D eigenvalue weighted by Crippen LogP contribution is -2.27. The predicted molar refractivity (Wildman–Crippen MR) is 133 cm³/mol. The van der Waals surface area contributed by atoms with Crippen LogP contribution in [-0.4, -0.2) is 18.4 Å². The van der Waals surface area contributed by atoms with Crippen LogP contribution in [0, 0.1) is 0 Å². The highest BCUT2D eigenvalue weighted by atomic mass is 31.2. The number of carbonyl (C=O) groups excluding carboxylic acids is 1. The van der Waals surface area contributed by atoms with Crippen molar-refractivity contribution in [1.29, 1.82) is 0 Å². The zero-order valence-electron chi connectivity index (χ0n) is 17.5. The topological polar surface area (TPSA) is 26.3 Å². The molecule has 2 nitrogen and oxygen atoms in total. The van der Waals surface area contributed by atoms with E-state index in [1.165, 1.54) is 15.9 Å². The Labute approximate surface area is 184 Å². The van der Waals surface area contributed by atoms with Gasteiger partial charge in [-0.1, -0.05) is 103 Å². The van der Waals surface area contributed by atoms with Crippen LogP contribution >= 0.6 is 6.89 Å². The first-order valence-corrected chi connectivity index (χ1v) is 12.3. The van der Waals surface area contributed by atoms with Gasteiger partial charge >= 0.3 is 5.97 Å². The van der Waals surface area contributed by atoms with Crippen LogP contribution in [0.25, 0.3) is 0 Å². The lowest BCUT2D eigenvalue weighted by Gasteiger charge is -2.29. The molecule has 4 aromatic carbocycles. The predicted octanol–water partition coefficient (Wildman–Crippen LogP) is 5.01. The Hall–Kier alpha value is -3.35. The van der Waals surface area contributed by atoms with Crippen molar-refractivity contribution in [2.45, 2.75) is 6.92 Å². The molecule has 31 heavy (non-hydrogen) atoms. The summed E-state index contributed by atoms with van der Waals surface area (Å²) in [5.41, 5.74) is 1.65. The van der Waals surface area contributed by atoms with E-state index in [1.54, 1.807) is 0 Å². The highest BCUT2D eigenvalue weighted by Gasteiger charge is 2.24. The second-order valence-electron chi connectivity index (χ2n) is 7.20. The van der Waals surface area contributed by atoms with Crippen LogP contribution in [0.15, 0.2) is 115 Å². The Morgan fingerprint density at radius 1 is 0.677 bits per heavy atom. The molecule has 0 bridgehead atoms. The fourth-order valence-corrected chi connectivity index (χ4v) is 7.69. The molecule has 0 aliphatic rings. The zero-order chi connectivity index (χ0) is 21.5. The van der Waals surface area contributed by atoms with Gasteiger partial charge in [-0.25, -0.2) is 4.79 Å². The van der Waals surface area contributed by atoms with E-state index in [4.69, 9.17) is 4.74 Å². The van der Waals surface area contributed by atoms with E-state index in [0.29, 0.717) is 12.2 Å². The number of rotatable bonds is 6. The maximum atomic E-state index is 12.1. The van der Waals surface area contributed by atoms with Crippen LogP contribution in [0.3, 0.4) is 0 Å². The summed E-state index contributed by atoms with van der Waals surface area (Å²) in [6.45, 7) is 0.122. The Bertz CT molecular complexity index is 1080. The van der Waals surface area contributed by atoms with Crippen LogP contribution in [0.5, 0.6) is 0 Å². The summed E-state index contributed by atoms with van der Waals surface area (Å²) in [6.07, 6.45) is 0. The van der Waals surface area contributed by atoms with Crippen molar-refractivity contribution in [2.24, 2.45) is 0 Å². The molecule has 0 fully saturated rings. The number of esters is 1. The molecule has 0 aromatic heterocycles. The van der Waals surface area contributed by atoms with E-state index < -0.39 is 6.89 Å². The van der Waals surface area contributed by atoms with Gasteiger partial charge in [0.15, 0.2) is 0 Å². The smallest absolute Gasteiger partial charge is 0.338 e. The molecule has 0 aliphatic carbocycles. The molecule has 0 heterocycles. The molecule has 0 spiro atoms. The first-order valence-electron chi connectivity index (χ1n) is 10.4. The third kappa shape index (κ3) is 4.40. The number of hydrogen-bond acceptors (Lipinski definition) is 2. The fourth-order valence-electron chi connectivity index (χ4n) is 3.80. The molecule has 0 saturated heterocycles. The average molecular weight is 424 g/mol. The molecular weight excluding hydrogens is 399 g/mol. The second kappa shape index (κ2) is 9.64. The summed E-state index contributed by atoms with van der Waals surface area (Å²) in [7, 11) is 0. The van der Waals surface area contributed by atoms with Crippen molar-refractivity contribution in [3.05, 3.63) is 126 Å². The summed E-state index contributed by atoms with van der Waals surface area (Å²) in [5.74, 6) is 2.10.